The molecule has 2 nitrogen and oxygen atoms in total. The quantitative estimate of drug-likeness (QED) is 0.719. The van der Waals surface area contributed by atoms with E-state index in [9.17, 15) is 4.79 Å². The molecule has 1 atom stereocenters. The molecule has 0 aliphatic carbocycles. The lowest BCUT2D eigenvalue weighted by atomic mass is 10.0. The van der Waals surface area contributed by atoms with Crippen LogP contribution in [0, 0.1) is 0 Å². The van der Waals surface area contributed by atoms with Gasteiger partial charge in [-0.15, -0.1) is 6.58 Å². The van der Waals surface area contributed by atoms with E-state index < -0.39 is 0 Å². The highest BCUT2D eigenvalue weighted by Crippen LogP contribution is 2.04. The molecule has 80 valence electrons. The normalized spacial score (nSPS) is 12.1. The second-order valence-corrected chi connectivity index (χ2v) is 3.58. The summed E-state index contributed by atoms with van der Waals surface area (Å²) in [6.07, 6.45) is 3.53. The summed E-state index contributed by atoms with van der Waals surface area (Å²) in [5.74, 6) is 0.110. The van der Waals surface area contributed by atoms with Crippen molar-refractivity contribution in [3.05, 3.63) is 48.6 Å². The first-order valence-electron chi connectivity index (χ1n) is 5.17. The average molecular weight is 203 g/mol. The fourth-order valence-electron chi connectivity index (χ4n) is 1.41. The Morgan fingerprint density at radius 2 is 2.07 bits per heavy atom. The molecule has 0 aliphatic heterocycles. The smallest absolute Gasteiger partial charge is 0.150 e. The minimum absolute atomic E-state index is 0.110. The van der Waals surface area contributed by atoms with Crippen molar-refractivity contribution in [2.45, 2.75) is 25.3 Å². The molecule has 0 aliphatic rings. The molecule has 2 N–H and O–H groups in total. The van der Waals surface area contributed by atoms with E-state index in [-0.39, 0.29) is 11.8 Å². The van der Waals surface area contributed by atoms with Crippen LogP contribution in [0.1, 0.15) is 18.4 Å². The summed E-state index contributed by atoms with van der Waals surface area (Å²) in [7, 11) is 0. The summed E-state index contributed by atoms with van der Waals surface area (Å²) in [6, 6.07) is 9.58. The highest BCUT2D eigenvalue weighted by atomic mass is 16.1. The van der Waals surface area contributed by atoms with Crippen molar-refractivity contribution >= 4 is 5.78 Å². The van der Waals surface area contributed by atoms with E-state index in [1.54, 1.807) is 6.08 Å². The van der Waals surface area contributed by atoms with Crippen molar-refractivity contribution in [2.75, 3.05) is 0 Å². The summed E-state index contributed by atoms with van der Waals surface area (Å²) in [4.78, 5) is 11.5. The summed E-state index contributed by atoms with van der Waals surface area (Å²) in [6.45, 7) is 3.57. The molecule has 15 heavy (non-hydrogen) atoms. The highest BCUT2D eigenvalue weighted by Gasteiger charge is 2.10. The molecule has 0 fully saturated rings. The molecule has 0 saturated heterocycles. The highest BCUT2D eigenvalue weighted by molar-refractivity contribution is 5.84. The van der Waals surface area contributed by atoms with Gasteiger partial charge >= 0.3 is 0 Å². The lowest BCUT2D eigenvalue weighted by Gasteiger charge is -2.07. The molecule has 0 radical (unpaired) electrons. The van der Waals surface area contributed by atoms with Crippen molar-refractivity contribution in [3.8, 4) is 0 Å². The third kappa shape index (κ3) is 4.09. The van der Waals surface area contributed by atoms with Gasteiger partial charge in [0.05, 0.1) is 6.04 Å². The number of aryl methyl sites for hydroxylation is 1. The summed E-state index contributed by atoms with van der Waals surface area (Å²) < 4.78 is 0. The standard InChI is InChI=1S/C13H17NO/c1-2-6-12(14)13(15)10-9-11-7-4-3-5-8-11/h2-5,7-8,12H,1,6,9-10,14H2. The van der Waals surface area contributed by atoms with Gasteiger partial charge in [0.2, 0.25) is 0 Å². The largest absolute Gasteiger partial charge is 0.321 e. The van der Waals surface area contributed by atoms with Crippen molar-refractivity contribution in [1.29, 1.82) is 0 Å². The Balaban J connectivity index is 2.37. The number of hydrogen-bond acceptors (Lipinski definition) is 2. The lowest BCUT2D eigenvalue weighted by Crippen LogP contribution is -2.29. The van der Waals surface area contributed by atoms with Gasteiger partial charge in [-0.25, -0.2) is 0 Å². The summed E-state index contributed by atoms with van der Waals surface area (Å²) in [5, 5.41) is 0. The zero-order valence-corrected chi connectivity index (χ0v) is 8.86. The molecule has 0 heterocycles. The van der Waals surface area contributed by atoms with Gasteiger partial charge in [0, 0.05) is 6.42 Å². The predicted octanol–water partition coefficient (Wildman–Crippen LogP) is 2.09. The molecule has 1 aromatic rings. The van der Waals surface area contributed by atoms with Gasteiger partial charge < -0.3 is 5.73 Å². The molecule has 1 rings (SSSR count). The van der Waals surface area contributed by atoms with Crippen LogP contribution in [0.15, 0.2) is 43.0 Å². The molecule has 0 bridgehead atoms. The number of benzene rings is 1. The summed E-state index contributed by atoms with van der Waals surface area (Å²) >= 11 is 0. The molecule has 1 unspecified atom stereocenters. The van der Waals surface area contributed by atoms with Gasteiger partial charge in [0.15, 0.2) is 0 Å². The van der Waals surface area contributed by atoms with Crippen molar-refractivity contribution in [2.24, 2.45) is 5.73 Å². The first kappa shape index (κ1) is 11.7. The van der Waals surface area contributed by atoms with Crippen LogP contribution in [0.5, 0.6) is 0 Å². The first-order valence-corrected chi connectivity index (χ1v) is 5.17. The van der Waals surface area contributed by atoms with Crippen LogP contribution >= 0.6 is 0 Å². The lowest BCUT2D eigenvalue weighted by molar-refractivity contribution is -0.120. The molecule has 0 amide bonds. The van der Waals surface area contributed by atoms with Crippen molar-refractivity contribution in [3.63, 3.8) is 0 Å². The van der Waals surface area contributed by atoms with Gasteiger partial charge in [0.25, 0.3) is 0 Å². The SMILES string of the molecule is C=CCC(N)C(=O)CCc1ccccc1. The third-order valence-corrected chi connectivity index (χ3v) is 2.34. The zero-order chi connectivity index (χ0) is 11.1. The van der Waals surface area contributed by atoms with E-state index in [0.717, 1.165) is 6.42 Å². The molecular formula is C13H17NO. The Bertz CT molecular complexity index is 319. The van der Waals surface area contributed by atoms with Crippen molar-refractivity contribution < 1.29 is 4.79 Å². The topological polar surface area (TPSA) is 43.1 Å². The first-order chi connectivity index (χ1) is 7.24. The maximum Gasteiger partial charge on any atom is 0.150 e. The fraction of sp³-hybridized carbons (Fsp3) is 0.308. The number of ketones is 1. The Hall–Kier alpha value is -1.41. The van der Waals surface area contributed by atoms with Crippen LogP contribution in [-0.2, 0) is 11.2 Å². The Labute approximate surface area is 90.8 Å². The molecule has 2 heteroatoms. The van der Waals surface area contributed by atoms with E-state index in [4.69, 9.17) is 5.73 Å². The van der Waals surface area contributed by atoms with E-state index in [1.165, 1.54) is 5.56 Å². The minimum Gasteiger partial charge on any atom is -0.321 e. The maximum atomic E-state index is 11.5. The molecular weight excluding hydrogens is 186 g/mol. The molecule has 1 aromatic carbocycles. The van der Waals surface area contributed by atoms with Gasteiger partial charge in [-0.2, -0.15) is 0 Å². The second-order valence-electron chi connectivity index (χ2n) is 3.58. The van der Waals surface area contributed by atoms with E-state index >= 15 is 0 Å². The van der Waals surface area contributed by atoms with Crippen molar-refractivity contribution in [1.82, 2.24) is 0 Å². The molecule has 0 aromatic heterocycles. The predicted molar refractivity (Wildman–Crippen MR) is 62.6 cm³/mol. The van der Waals surface area contributed by atoms with E-state index in [0.29, 0.717) is 12.8 Å². The number of hydrogen-bond donors (Lipinski definition) is 1. The number of rotatable bonds is 6. The fourth-order valence-corrected chi connectivity index (χ4v) is 1.41. The van der Waals surface area contributed by atoms with Gasteiger partial charge in [0.1, 0.15) is 5.78 Å². The van der Waals surface area contributed by atoms with E-state index in [1.807, 2.05) is 30.3 Å². The third-order valence-electron chi connectivity index (χ3n) is 2.34. The van der Waals surface area contributed by atoms with Gasteiger partial charge in [-0.05, 0) is 18.4 Å². The minimum atomic E-state index is -0.383. The number of carbonyl (C=O) groups is 1. The monoisotopic (exact) mass is 203 g/mol. The number of carbonyl (C=O) groups excluding carboxylic acids is 1. The Morgan fingerprint density at radius 3 is 2.67 bits per heavy atom. The average Bonchev–Trinajstić information content (AvgIpc) is 2.27. The van der Waals surface area contributed by atoms with Crippen LogP contribution in [0.3, 0.4) is 0 Å². The van der Waals surface area contributed by atoms with Crippen LogP contribution in [0.4, 0.5) is 0 Å². The molecule has 0 spiro atoms. The Morgan fingerprint density at radius 1 is 1.40 bits per heavy atom. The number of Topliss-reactive ketones (excluding diaryl/α,β-unsaturated/α-hetero) is 1. The molecule has 0 saturated carbocycles. The van der Waals surface area contributed by atoms with Gasteiger partial charge in [-0.1, -0.05) is 36.4 Å². The zero-order valence-electron chi connectivity index (χ0n) is 8.86. The van der Waals surface area contributed by atoms with E-state index in [2.05, 4.69) is 6.58 Å². The maximum absolute atomic E-state index is 11.5. The van der Waals surface area contributed by atoms with Gasteiger partial charge in [-0.3, -0.25) is 4.79 Å². The number of nitrogens with two attached hydrogens (primary N) is 1. The Kier molecular flexibility index (Phi) is 4.78. The van der Waals surface area contributed by atoms with Crippen LogP contribution in [0.25, 0.3) is 0 Å². The van der Waals surface area contributed by atoms with Crippen LogP contribution in [-0.4, -0.2) is 11.8 Å². The second kappa shape index (κ2) is 6.14. The van der Waals surface area contributed by atoms with Crippen LogP contribution < -0.4 is 5.73 Å². The van der Waals surface area contributed by atoms with Crippen LogP contribution in [0.2, 0.25) is 0 Å². The summed E-state index contributed by atoms with van der Waals surface area (Å²) in [5.41, 5.74) is 6.85.